The van der Waals surface area contributed by atoms with Gasteiger partial charge in [-0.1, -0.05) is 34.6 Å². The molecule has 0 aromatic heterocycles. The summed E-state index contributed by atoms with van der Waals surface area (Å²) in [7, 11) is 0. The van der Waals surface area contributed by atoms with Gasteiger partial charge in [0.1, 0.15) is 11.1 Å². The van der Waals surface area contributed by atoms with E-state index in [0.29, 0.717) is 19.5 Å². The van der Waals surface area contributed by atoms with E-state index in [1.54, 1.807) is 4.90 Å². The quantitative estimate of drug-likeness (QED) is 0.174. The molecule has 200 valence electrons. The van der Waals surface area contributed by atoms with Crippen molar-refractivity contribution in [1.82, 2.24) is 20.9 Å². The number of nitrogens with one attached hydrogen (secondary N) is 4. The minimum atomic E-state index is -1.04. The number of carbonyl (C=O) groups excluding carboxylic acids is 5. The number of ketones is 1. The lowest BCUT2D eigenvalue weighted by Gasteiger charge is -2.38. The Labute approximate surface area is 218 Å². The molecule has 2 saturated heterocycles. The second-order valence-corrected chi connectivity index (χ2v) is 12.5. The van der Waals surface area contributed by atoms with E-state index >= 15 is 0 Å². The molecule has 36 heavy (non-hydrogen) atoms. The summed E-state index contributed by atoms with van der Waals surface area (Å²) in [5.74, 6) is -1.79. The lowest BCUT2D eigenvalue weighted by Crippen LogP contribution is -2.57. The van der Waals surface area contributed by atoms with Crippen molar-refractivity contribution in [2.75, 3.05) is 13.1 Å². The number of rotatable bonds is 9. The maximum Gasteiger partial charge on any atom is 0.245 e. The van der Waals surface area contributed by atoms with Gasteiger partial charge in [0.15, 0.2) is 0 Å². The largest absolute Gasteiger partial charge is 0.356 e. The highest BCUT2D eigenvalue weighted by Gasteiger charge is 2.68. The molecule has 0 bridgehead atoms. The molecule has 1 aliphatic carbocycles. The van der Waals surface area contributed by atoms with Crippen molar-refractivity contribution in [2.45, 2.75) is 78.9 Å². The van der Waals surface area contributed by atoms with Gasteiger partial charge in [-0.25, -0.2) is 0 Å². The number of piperidine rings is 1. The molecule has 0 spiro atoms. The van der Waals surface area contributed by atoms with Gasteiger partial charge in [-0.15, -0.1) is 12.6 Å². The van der Waals surface area contributed by atoms with Crippen molar-refractivity contribution in [3.63, 3.8) is 0 Å². The van der Waals surface area contributed by atoms with Crippen LogP contribution in [0.2, 0.25) is 0 Å². The van der Waals surface area contributed by atoms with Crippen molar-refractivity contribution < 1.29 is 24.0 Å². The maximum atomic E-state index is 13.6. The van der Waals surface area contributed by atoms with Crippen molar-refractivity contribution in [3.05, 3.63) is 0 Å². The molecule has 0 aromatic carbocycles. The lowest BCUT2D eigenvalue weighted by atomic mass is 9.85. The third-order valence-corrected chi connectivity index (χ3v) is 8.27. The maximum absolute atomic E-state index is 13.6. The molecule has 3 aliphatic rings. The van der Waals surface area contributed by atoms with Gasteiger partial charge in [0.25, 0.3) is 0 Å². The van der Waals surface area contributed by atoms with Crippen molar-refractivity contribution in [2.24, 2.45) is 28.6 Å². The summed E-state index contributed by atoms with van der Waals surface area (Å²) < 4.78 is 0. The second kappa shape index (κ2) is 10.1. The molecule has 4 amide bonds. The average molecular weight is 522 g/mol. The molecule has 2 aliphatic heterocycles. The fourth-order valence-electron chi connectivity index (χ4n) is 5.94. The third-order valence-electron chi connectivity index (χ3n) is 8.05. The van der Waals surface area contributed by atoms with E-state index in [2.05, 4.69) is 42.4 Å². The van der Waals surface area contributed by atoms with E-state index in [1.165, 1.54) is 6.92 Å². The van der Waals surface area contributed by atoms with E-state index < -0.39 is 40.2 Å². The number of hydrogen-bond donors (Lipinski definition) is 5. The minimum Gasteiger partial charge on any atom is -0.356 e. The molecule has 4 N–H and O–H groups in total. The monoisotopic (exact) mass is 521 g/mol. The summed E-state index contributed by atoms with van der Waals surface area (Å²) in [6.45, 7) is 12.3. The van der Waals surface area contributed by atoms with Crippen LogP contribution in [0.25, 0.3) is 0 Å². The van der Waals surface area contributed by atoms with Crippen LogP contribution in [0.15, 0.2) is 0 Å². The highest BCUT2D eigenvalue weighted by molar-refractivity contribution is 7.99. The third kappa shape index (κ3) is 5.76. The minimum absolute atomic E-state index is 0.00613. The lowest BCUT2D eigenvalue weighted by molar-refractivity contribution is -0.142. The Morgan fingerprint density at radius 3 is 2.36 bits per heavy atom. The van der Waals surface area contributed by atoms with Gasteiger partial charge < -0.3 is 20.9 Å². The first-order valence-electron chi connectivity index (χ1n) is 12.5. The molecule has 0 unspecified atom stereocenters. The SMILES string of the molecule is CC(=O)N[C@H](C(=O)N1C[C@H]2[C@@H]([C@H]1CC(=O)N[C@@H](C[C@@H]1CCNC1=O)C(=O)C(=N)S)C2(C)C)C(C)(C)C. The summed E-state index contributed by atoms with van der Waals surface area (Å²) in [4.78, 5) is 65.0. The average Bonchev–Trinajstić information content (AvgIpc) is 3.06. The Morgan fingerprint density at radius 1 is 1.22 bits per heavy atom. The molecule has 0 radical (unpaired) electrons. The first kappa shape index (κ1) is 28.1. The van der Waals surface area contributed by atoms with Gasteiger partial charge in [-0.3, -0.25) is 29.4 Å². The van der Waals surface area contributed by atoms with Gasteiger partial charge in [-0.05, 0) is 35.5 Å². The van der Waals surface area contributed by atoms with Crippen LogP contribution in [-0.2, 0) is 24.0 Å². The summed E-state index contributed by atoms with van der Waals surface area (Å²) >= 11 is 3.85. The number of fused-ring (bicyclic) bond motifs is 1. The predicted molar refractivity (Wildman–Crippen MR) is 137 cm³/mol. The summed E-state index contributed by atoms with van der Waals surface area (Å²) in [5, 5.41) is 15.4. The van der Waals surface area contributed by atoms with Crippen LogP contribution in [0.5, 0.6) is 0 Å². The Balaban J connectivity index is 1.77. The smallest absolute Gasteiger partial charge is 0.245 e. The number of carbonyl (C=O) groups is 5. The van der Waals surface area contributed by atoms with Crippen molar-refractivity contribution in [1.29, 1.82) is 5.41 Å². The highest BCUT2D eigenvalue weighted by Crippen LogP contribution is 2.65. The van der Waals surface area contributed by atoms with Crippen LogP contribution in [0, 0.1) is 34.0 Å². The number of hydrogen-bond acceptors (Lipinski definition) is 6. The zero-order valence-electron chi connectivity index (χ0n) is 21.9. The van der Waals surface area contributed by atoms with Crippen molar-refractivity contribution >= 4 is 47.1 Å². The molecule has 3 rings (SSSR count). The van der Waals surface area contributed by atoms with Gasteiger partial charge >= 0.3 is 0 Å². The van der Waals surface area contributed by atoms with E-state index in [-0.39, 0.29) is 53.9 Å². The number of amides is 4. The molecule has 2 heterocycles. The highest BCUT2D eigenvalue weighted by atomic mass is 32.1. The molecule has 1 saturated carbocycles. The number of likely N-dealkylation sites (tertiary alicyclic amines) is 1. The summed E-state index contributed by atoms with van der Waals surface area (Å²) in [6.07, 6.45) is 0.644. The number of nitrogens with zero attached hydrogens (tertiary/aromatic N) is 1. The number of Topliss-reactive ketones (excluding diaryl/α,β-unsaturated/α-hetero) is 1. The Kier molecular flexibility index (Phi) is 7.93. The number of thiol groups is 1. The van der Waals surface area contributed by atoms with Crippen LogP contribution < -0.4 is 16.0 Å². The van der Waals surface area contributed by atoms with Crippen molar-refractivity contribution in [3.8, 4) is 0 Å². The van der Waals surface area contributed by atoms with Crippen LogP contribution in [0.1, 0.15) is 60.8 Å². The zero-order valence-corrected chi connectivity index (χ0v) is 22.8. The fourth-order valence-corrected chi connectivity index (χ4v) is 6.10. The topological polar surface area (TPSA) is 149 Å². The summed E-state index contributed by atoms with van der Waals surface area (Å²) in [6, 6.07) is -2.15. The van der Waals surface area contributed by atoms with Gasteiger partial charge in [0.2, 0.25) is 29.4 Å². The van der Waals surface area contributed by atoms with Crippen LogP contribution in [-0.4, -0.2) is 70.6 Å². The first-order chi connectivity index (χ1) is 16.6. The van der Waals surface area contributed by atoms with E-state index in [9.17, 15) is 24.0 Å². The Morgan fingerprint density at radius 2 is 1.86 bits per heavy atom. The molecule has 11 heteroatoms. The van der Waals surface area contributed by atoms with Crippen LogP contribution in [0.3, 0.4) is 0 Å². The van der Waals surface area contributed by atoms with Gasteiger partial charge in [-0.2, -0.15) is 0 Å². The second-order valence-electron chi connectivity index (χ2n) is 12.1. The first-order valence-corrected chi connectivity index (χ1v) is 13.0. The molecule has 10 nitrogen and oxygen atoms in total. The normalized spacial score (nSPS) is 28.0. The molecular formula is C25H39N5O5S. The van der Waals surface area contributed by atoms with Gasteiger partial charge in [0, 0.05) is 38.4 Å². The van der Waals surface area contributed by atoms with Crippen LogP contribution in [0.4, 0.5) is 0 Å². The molecular weight excluding hydrogens is 482 g/mol. The van der Waals surface area contributed by atoms with Crippen LogP contribution >= 0.6 is 12.6 Å². The molecule has 0 aromatic rings. The van der Waals surface area contributed by atoms with E-state index in [4.69, 9.17) is 5.41 Å². The Bertz CT molecular complexity index is 974. The molecule has 3 fully saturated rings. The zero-order chi connectivity index (χ0) is 27.2. The fraction of sp³-hybridized carbons (Fsp3) is 0.760. The standard InChI is InChI=1S/C25H39N5O5S/c1-12(31)28-20(24(2,3)4)23(35)30-11-14-18(25(14,5)6)16(30)10-17(32)29-15(19(33)21(26)36)9-13-7-8-27-22(13)34/h13-16,18,20H,7-11H2,1-6H3,(H2,26,36)(H,27,34)(H,28,31)(H,29,32)/t13-,14-,15-,16+,18-,20+/m0/s1. The Hall–Kier alpha value is -2.43. The van der Waals surface area contributed by atoms with E-state index in [1.807, 2.05) is 20.8 Å². The predicted octanol–water partition coefficient (Wildman–Crippen LogP) is 0.897. The van der Waals surface area contributed by atoms with Gasteiger partial charge in [0.05, 0.1) is 6.04 Å². The molecule has 6 atom stereocenters. The summed E-state index contributed by atoms with van der Waals surface area (Å²) in [5.41, 5.74) is -0.540. The van der Waals surface area contributed by atoms with E-state index in [0.717, 1.165) is 0 Å².